The Kier molecular flexibility index (Phi) is 4.25. The van der Waals surface area contributed by atoms with Crippen LogP contribution in [0.15, 0.2) is 40.9 Å². The molecule has 2 aromatic carbocycles. The third-order valence-electron chi connectivity index (χ3n) is 3.61. The Hall–Kier alpha value is -1.03. The average Bonchev–Trinajstić information content (AvgIpc) is 2.49. The van der Waals surface area contributed by atoms with Crippen LogP contribution in [0, 0.1) is 0 Å². The number of hydrogen-bond acceptors (Lipinski definition) is 1. The van der Waals surface area contributed by atoms with Gasteiger partial charge in [-0.2, -0.15) is 0 Å². The Bertz CT molecular complexity index is 717. The lowest BCUT2D eigenvalue weighted by Crippen LogP contribution is -2.31. The Morgan fingerprint density at radius 1 is 1.24 bits per heavy atom. The maximum absolute atomic E-state index is 11.9. The van der Waals surface area contributed by atoms with Crippen LogP contribution in [0.2, 0.25) is 5.02 Å². The van der Waals surface area contributed by atoms with Gasteiger partial charge in [-0.05, 0) is 51.2 Å². The van der Waals surface area contributed by atoms with E-state index in [0.717, 1.165) is 27.6 Å². The van der Waals surface area contributed by atoms with Crippen molar-refractivity contribution in [1.82, 2.24) is 5.32 Å². The Labute approximate surface area is 141 Å². The van der Waals surface area contributed by atoms with Crippen molar-refractivity contribution < 1.29 is 4.79 Å². The summed E-state index contributed by atoms with van der Waals surface area (Å²) < 4.78 is 0.808. The maximum atomic E-state index is 11.9. The molecule has 0 aromatic heterocycles. The number of nitrogens with one attached hydrogen (secondary N) is 1. The number of alkyl halides is 1. The lowest BCUT2D eigenvalue weighted by Gasteiger charge is -2.19. The highest BCUT2D eigenvalue weighted by atomic mass is 79.9. The highest BCUT2D eigenvalue weighted by Crippen LogP contribution is 2.37. The Morgan fingerprint density at radius 2 is 2.05 bits per heavy atom. The second-order valence-corrected chi connectivity index (χ2v) is 6.60. The molecule has 1 heterocycles. The molecular weight excluding hydrogens is 373 g/mol. The molecule has 1 unspecified atom stereocenters. The zero-order valence-electron chi connectivity index (χ0n) is 11.0. The minimum absolute atomic E-state index is 0.0395. The molecule has 108 valence electrons. The molecule has 1 N–H and O–H groups in total. The summed E-state index contributed by atoms with van der Waals surface area (Å²) >= 11 is 16.3. The highest BCUT2D eigenvalue weighted by molar-refractivity contribution is 9.10. The van der Waals surface area contributed by atoms with Gasteiger partial charge in [0.2, 0.25) is 0 Å². The number of hydrogen-bond donors (Lipinski definition) is 1. The van der Waals surface area contributed by atoms with Crippen molar-refractivity contribution in [2.24, 2.45) is 0 Å². The van der Waals surface area contributed by atoms with Gasteiger partial charge >= 0.3 is 0 Å². The SMILES string of the molecule is O=C1NCCc2ccc(C(Cl)c3cccc(Br)c3Cl)cc21. The van der Waals surface area contributed by atoms with E-state index in [-0.39, 0.29) is 5.91 Å². The van der Waals surface area contributed by atoms with Crippen LogP contribution < -0.4 is 5.32 Å². The molecule has 0 saturated carbocycles. The van der Waals surface area contributed by atoms with E-state index in [4.69, 9.17) is 23.2 Å². The van der Waals surface area contributed by atoms with Crippen molar-refractivity contribution >= 4 is 45.0 Å². The molecule has 1 atom stereocenters. The van der Waals surface area contributed by atoms with Crippen molar-refractivity contribution in [3.8, 4) is 0 Å². The van der Waals surface area contributed by atoms with Crippen LogP contribution in [0.5, 0.6) is 0 Å². The predicted molar refractivity (Wildman–Crippen MR) is 89.3 cm³/mol. The number of carbonyl (C=O) groups is 1. The zero-order valence-corrected chi connectivity index (χ0v) is 14.1. The van der Waals surface area contributed by atoms with Gasteiger partial charge in [0.1, 0.15) is 0 Å². The summed E-state index contributed by atoms with van der Waals surface area (Å²) in [4.78, 5) is 11.9. The monoisotopic (exact) mass is 383 g/mol. The summed E-state index contributed by atoms with van der Waals surface area (Å²) in [5.74, 6) is -0.0395. The van der Waals surface area contributed by atoms with Crippen LogP contribution in [-0.2, 0) is 6.42 Å². The third-order valence-corrected chi connectivity index (χ3v) is 5.40. The van der Waals surface area contributed by atoms with E-state index in [1.165, 1.54) is 0 Å². The van der Waals surface area contributed by atoms with E-state index >= 15 is 0 Å². The molecule has 21 heavy (non-hydrogen) atoms. The molecule has 3 rings (SSSR count). The molecule has 0 spiro atoms. The number of rotatable bonds is 2. The van der Waals surface area contributed by atoms with Crippen molar-refractivity contribution in [2.75, 3.05) is 6.54 Å². The van der Waals surface area contributed by atoms with Crippen molar-refractivity contribution in [3.63, 3.8) is 0 Å². The molecule has 1 aliphatic heterocycles. The second kappa shape index (κ2) is 5.99. The number of fused-ring (bicyclic) bond motifs is 1. The fraction of sp³-hybridized carbons (Fsp3) is 0.188. The van der Waals surface area contributed by atoms with Gasteiger partial charge in [0.05, 0.1) is 10.4 Å². The number of amides is 1. The molecular formula is C16H12BrCl2NO. The lowest BCUT2D eigenvalue weighted by molar-refractivity contribution is 0.0946. The number of benzene rings is 2. The van der Waals surface area contributed by atoms with Crippen molar-refractivity contribution in [3.05, 3.63) is 68.1 Å². The highest BCUT2D eigenvalue weighted by Gasteiger charge is 2.21. The van der Waals surface area contributed by atoms with E-state index in [9.17, 15) is 4.79 Å². The summed E-state index contributed by atoms with van der Waals surface area (Å²) in [7, 11) is 0. The van der Waals surface area contributed by atoms with Gasteiger partial charge < -0.3 is 5.32 Å². The molecule has 5 heteroatoms. The van der Waals surface area contributed by atoms with Gasteiger partial charge in [0.25, 0.3) is 5.91 Å². The lowest BCUT2D eigenvalue weighted by atomic mass is 9.95. The first-order chi connectivity index (χ1) is 10.1. The summed E-state index contributed by atoms with van der Waals surface area (Å²) in [5, 5.41) is 3.05. The minimum atomic E-state index is -0.393. The number of carbonyl (C=O) groups excluding carboxylic acids is 1. The molecule has 2 nitrogen and oxygen atoms in total. The zero-order chi connectivity index (χ0) is 15.0. The minimum Gasteiger partial charge on any atom is -0.352 e. The van der Waals surface area contributed by atoms with Gasteiger partial charge in [-0.3, -0.25) is 4.79 Å². The molecule has 0 aliphatic carbocycles. The van der Waals surface area contributed by atoms with Crippen LogP contribution >= 0.6 is 39.1 Å². The summed E-state index contributed by atoms with van der Waals surface area (Å²) in [5.41, 5.74) is 3.46. The van der Waals surface area contributed by atoms with E-state index in [0.29, 0.717) is 17.1 Å². The van der Waals surface area contributed by atoms with Crippen molar-refractivity contribution in [1.29, 1.82) is 0 Å². The van der Waals surface area contributed by atoms with Crippen LogP contribution in [0.25, 0.3) is 0 Å². The van der Waals surface area contributed by atoms with Crippen LogP contribution in [0.3, 0.4) is 0 Å². The van der Waals surface area contributed by atoms with Gasteiger partial charge in [-0.1, -0.05) is 35.9 Å². The predicted octanol–water partition coefficient (Wildman–Crippen LogP) is 4.72. The van der Waals surface area contributed by atoms with Crippen LogP contribution in [0.4, 0.5) is 0 Å². The van der Waals surface area contributed by atoms with Gasteiger partial charge in [-0.25, -0.2) is 0 Å². The van der Waals surface area contributed by atoms with Gasteiger partial charge in [-0.15, -0.1) is 11.6 Å². The topological polar surface area (TPSA) is 29.1 Å². The smallest absolute Gasteiger partial charge is 0.251 e. The van der Waals surface area contributed by atoms with E-state index in [2.05, 4.69) is 21.2 Å². The molecule has 0 saturated heterocycles. The maximum Gasteiger partial charge on any atom is 0.251 e. The molecule has 0 fully saturated rings. The third kappa shape index (κ3) is 2.83. The fourth-order valence-electron chi connectivity index (χ4n) is 2.48. The van der Waals surface area contributed by atoms with Crippen LogP contribution in [0.1, 0.15) is 32.4 Å². The fourth-order valence-corrected chi connectivity index (χ4v) is 3.47. The largest absolute Gasteiger partial charge is 0.352 e. The quantitative estimate of drug-likeness (QED) is 0.746. The average molecular weight is 385 g/mol. The molecule has 0 radical (unpaired) electrons. The van der Waals surface area contributed by atoms with E-state index in [1.807, 2.05) is 36.4 Å². The second-order valence-electron chi connectivity index (χ2n) is 4.93. The van der Waals surface area contributed by atoms with E-state index < -0.39 is 5.38 Å². The Balaban J connectivity index is 2.02. The van der Waals surface area contributed by atoms with E-state index in [1.54, 1.807) is 0 Å². The molecule has 2 aromatic rings. The standard InChI is InChI=1S/C16H12BrCl2NO/c17-13-3-1-2-11(15(13)19)14(18)10-5-4-9-6-7-20-16(21)12(9)8-10/h1-5,8,14H,6-7H2,(H,20,21). The summed E-state index contributed by atoms with van der Waals surface area (Å²) in [6.07, 6.45) is 0.853. The van der Waals surface area contributed by atoms with Gasteiger partial charge in [0.15, 0.2) is 0 Å². The Morgan fingerprint density at radius 3 is 2.86 bits per heavy atom. The first kappa shape index (κ1) is 14.9. The first-order valence-electron chi connectivity index (χ1n) is 6.57. The molecule has 1 aliphatic rings. The summed E-state index contributed by atoms with van der Waals surface area (Å²) in [6.45, 7) is 0.687. The van der Waals surface area contributed by atoms with Crippen molar-refractivity contribution in [2.45, 2.75) is 11.8 Å². The molecule has 0 bridgehead atoms. The van der Waals surface area contributed by atoms with Gasteiger partial charge in [0, 0.05) is 16.6 Å². The summed E-state index contributed by atoms with van der Waals surface area (Å²) in [6, 6.07) is 11.5. The van der Waals surface area contributed by atoms with Crippen LogP contribution in [-0.4, -0.2) is 12.5 Å². The normalized spacial score (nSPS) is 15.3. The first-order valence-corrected chi connectivity index (χ1v) is 8.17. The number of halogens is 3. The molecule has 1 amide bonds.